The highest BCUT2D eigenvalue weighted by Crippen LogP contribution is 2.31. The number of fused-ring (bicyclic) bond motifs is 1. The number of anilines is 1. The normalized spacial score (nSPS) is 15.3. The number of halogens is 2. The van der Waals surface area contributed by atoms with E-state index >= 15 is 0 Å². The molecule has 0 fully saturated rings. The van der Waals surface area contributed by atoms with Gasteiger partial charge in [-0.1, -0.05) is 30.3 Å². The van der Waals surface area contributed by atoms with Gasteiger partial charge in [-0.2, -0.15) is 0 Å². The van der Waals surface area contributed by atoms with Crippen molar-refractivity contribution in [1.29, 1.82) is 0 Å². The van der Waals surface area contributed by atoms with Crippen LogP contribution in [-0.4, -0.2) is 18.4 Å². The van der Waals surface area contributed by atoms with Gasteiger partial charge in [0.1, 0.15) is 6.10 Å². The van der Waals surface area contributed by atoms with Crippen molar-refractivity contribution in [2.75, 3.05) is 11.4 Å². The van der Waals surface area contributed by atoms with Gasteiger partial charge in [0, 0.05) is 30.3 Å². The van der Waals surface area contributed by atoms with Crippen LogP contribution in [0.5, 0.6) is 0 Å². The maximum Gasteiger partial charge on any atom is 0.339 e. The van der Waals surface area contributed by atoms with Crippen LogP contribution in [0.2, 0.25) is 0 Å². The Balaban J connectivity index is 1.65. The van der Waals surface area contributed by atoms with Gasteiger partial charge in [-0.15, -0.1) is 0 Å². The summed E-state index contributed by atoms with van der Waals surface area (Å²) in [6.07, 6.45) is 0.0220. The number of carbonyl (C=O) groups excluding carboxylic acids is 2. The molecule has 1 amide bonds. The first-order valence-corrected chi connectivity index (χ1v) is 9.63. The molecule has 0 radical (unpaired) electrons. The summed E-state index contributed by atoms with van der Waals surface area (Å²) in [6.45, 7) is 2.02. The molecule has 30 heavy (non-hydrogen) atoms. The molecule has 3 aromatic rings. The van der Waals surface area contributed by atoms with Crippen LogP contribution in [0.3, 0.4) is 0 Å². The van der Waals surface area contributed by atoms with E-state index < -0.39 is 23.7 Å². The van der Waals surface area contributed by atoms with E-state index in [2.05, 4.69) is 0 Å². The van der Waals surface area contributed by atoms with E-state index in [1.807, 2.05) is 30.3 Å². The Morgan fingerprint density at radius 2 is 1.80 bits per heavy atom. The molecule has 152 valence electrons. The van der Waals surface area contributed by atoms with Crippen LogP contribution >= 0.6 is 0 Å². The van der Waals surface area contributed by atoms with Gasteiger partial charge in [-0.25, -0.2) is 13.6 Å². The number of amides is 1. The molecule has 0 saturated heterocycles. The fraction of sp³-hybridized carbons (Fsp3) is 0.167. The van der Waals surface area contributed by atoms with E-state index in [1.54, 1.807) is 25.1 Å². The monoisotopic (exact) mass is 407 g/mol. The van der Waals surface area contributed by atoms with E-state index in [1.165, 1.54) is 11.0 Å². The highest BCUT2D eigenvalue weighted by molar-refractivity contribution is 6.07. The number of ether oxygens (including phenoxy) is 1. The minimum atomic E-state index is -1.02. The topological polar surface area (TPSA) is 46.6 Å². The largest absolute Gasteiger partial charge is 0.454 e. The van der Waals surface area contributed by atoms with E-state index in [9.17, 15) is 18.4 Å². The average molecular weight is 407 g/mol. The molecule has 4 rings (SSSR count). The smallest absolute Gasteiger partial charge is 0.339 e. The Labute approximate surface area is 172 Å². The second-order valence-corrected chi connectivity index (χ2v) is 7.03. The van der Waals surface area contributed by atoms with E-state index in [0.29, 0.717) is 23.1 Å². The third-order valence-electron chi connectivity index (χ3n) is 5.17. The molecule has 0 bridgehead atoms. The highest BCUT2D eigenvalue weighted by atomic mass is 19.2. The zero-order chi connectivity index (χ0) is 21.3. The maximum atomic E-state index is 13.6. The van der Waals surface area contributed by atoms with Gasteiger partial charge in [0.15, 0.2) is 11.6 Å². The average Bonchev–Trinajstić information content (AvgIpc) is 2.76. The summed E-state index contributed by atoms with van der Waals surface area (Å²) < 4.78 is 32.5. The van der Waals surface area contributed by atoms with Crippen molar-refractivity contribution in [2.45, 2.75) is 19.4 Å². The number of carbonyl (C=O) groups is 2. The molecular formula is C24H19F2NO3. The third-order valence-corrected chi connectivity index (χ3v) is 5.17. The fourth-order valence-electron chi connectivity index (χ4n) is 3.63. The van der Waals surface area contributed by atoms with Gasteiger partial charge >= 0.3 is 5.97 Å². The second-order valence-electron chi connectivity index (χ2n) is 7.03. The quantitative estimate of drug-likeness (QED) is 0.567. The highest BCUT2D eigenvalue weighted by Gasteiger charge is 2.29. The molecule has 0 N–H and O–H groups in total. The molecule has 3 aromatic carbocycles. The lowest BCUT2D eigenvalue weighted by Crippen LogP contribution is -2.31. The van der Waals surface area contributed by atoms with Gasteiger partial charge in [0.05, 0.1) is 5.56 Å². The van der Waals surface area contributed by atoms with Gasteiger partial charge in [-0.3, -0.25) is 4.79 Å². The van der Waals surface area contributed by atoms with Crippen LogP contribution < -0.4 is 4.90 Å². The standard InChI is InChI=1S/C24H19F2NO3/c1-2-27(18-9-11-20(25)21(26)14-18)23(28)16-8-10-19-17(12-16)13-22(30-24(19)29)15-6-4-3-5-7-15/h3-12,14,22H,2,13H2,1H3. The number of hydrogen-bond acceptors (Lipinski definition) is 3. The molecule has 1 unspecified atom stereocenters. The molecule has 0 aromatic heterocycles. The zero-order valence-electron chi connectivity index (χ0n) is 16.3. The van der Waals surface area contributed by atoms with E-state index in [4.69, 9.17) is 4.74 Å². The first-order valence-electron chi connectivity index (χ1n) is 9.63. The molecule has 1 aliphatic rings. The maximum absolute atomic E-state index is 13.6. The fourth-order valence-corrected chi connectivity index (χ4v) is 3.63. The lowest BCUT2D eigenvalue weighted by Gasteiger charge is -2.26. The predicted octanol–water partition coefficient (Wildman–Crippen LogP) is 5.09. The van der Waals surface area contributed by atoms with Gasteiger partial charge < -0.3 is 9.64 Å². The Morgan fingerprint density at radius 3 is 2.50 bits per heavy atom. The number of nitrogens with zero attached hydrogens (tertiary/aromatic N) is 1. The molecule has 0 saturated carbocycles. The van der Waals surface area contributed by atoms with Crippen molar-refractivity contribution >= 4 is 17.6 Å². The van der Waals surface area contributed by atoms with Crippen molar-refractivity contribution < 1.29 is 23.1 Å². The van der Waals surface area contributed by atoms with Gasteiger partial charge in [0.2, 0.25) is 0 Å². The number of cyclic esters (lactones) is 1. The van der Waals surface area contributed by atoms with Gasteiger partial charge in [-0.05, 0) is 48.4 Å². The number of benzene rings is 3. The Kier molecular flexibility index (Phi) is 5.31. The van der Waals surface area contributed by atoms with E-state index in [0.717, 1.165) is 17.7 Å². The minimum Gasteiger partial charge on any atom is -0.454 e. The molecule has 1 aliphatic heterocycles. The SMILES string of the molecule is CCN(C(=O)c1ccc2c(c1)CC(c1ccccc1)OC2=O)c1ccc(F)c(F)c1. The number of hydrogen-bond donors (Lipinski definition) is 0. The first kappa shape index (κ1) is 19.8. The zero-order valence-corrected chi connectivity index (χ0v) is 16.3. The van der Waals surface area contributed by atoms with Crippen LogP contribution in [0.4, 0.5) is 14.5 Å². The Bertz CT molecular complexity index is 1110. The lowest BCUT2D eigenvalue weighted by molar-refractivity contribution is 0.0252. The summed E-state index contributed by atoms with van der Waals surface area (Å²) in [7, 11) is 0. The molecular weight excluding hydrogens is 388 g/mol. The predicted molar refractivity (Wildman–Crippen MR) is 108 cm³/mol. The summed E-state index contributed by atoms with van der Waals surface area (Å²) in [5.74, 6) is -2.78. The summed E-state index contributed by atoms with van der Waals surface area (Å²) in [6, 6.07) is 17.6. The Morgan fingerprint density at radius 1 is 1.03 bits per heavy atom. The van der Waals surface area contributed by atoms with Crippen molar-refractivity contribution in [2.24, 2.45) is 0 Å². The Hall–Kier alpha value is -3.54. The molecule has 1 atom stereocenters. The number of esters is 1. The molecule has 0 spiro atoms. The minimum absolute atomic E-state index is 0.265. The summed E-state index contributed by atoms with van der Waals surface area (Å²) in [5.41, 5.74) is 2.65. The summed E-state index contributed by atoms with van der Waals surface area (Å²) in [4.78, 5) is 26.9. The van der Waals surface area contributed by atoms with Crippen molar-refractivity contribution in [3.63, 3.8) is 0 Å². The van der Waals surface area contributed by atoms with Crippen LogP contribution in [0, 0.1) is 11.6 Å². The van der Waals surface area contributed by atoms with Crippen LogP contribution in [0.15, 0.2) is 66.7 Å². The van der Waals surface area contributed by atoms with Crippen molar-refractivity contribution in [3.8, 4) is 0 Å². The summed E-state index contributed by atoms with van der Waals surface area (Å²) in [5, 5.41) is 0. The lowest BCUT2D eigenvalue weighted by atomic mass is 9.93. The van der Waals surface area contributed by atoms with Crippen LogP contribution in [0.1, 0.15) is 44.9 Å². The van der Waals surface area contributed by atoms with Crippen LogP contribution in [-0.2, 0) is 11.2 Å². The third kappa shape index (κ3) is 3.68. The van der Waals surface area contributed by atoms with Crippen LogP contribution in [0.25, 0.3) is 0 Å². The first-order chi connectivity index (χ1) is 14.5. The molecule has 6 heteroatoms. The van der Waals surface area contributed by atoms with E-state index in [-0.39, 0.29) is 18.1 Å². The molecule has 4 nitrogen and oxygen atoms in total. The molecule has 0 aliphatic carbocycles. The summed E-state index contributed by atoms with van der Waals surface area (Å²) >= 11 is 0. The van der Waals surface area contributed by atoms with Gasteiger partial charge in [0.25, 0.3) is 5.91 Å². The van der Waals surface area contributed by atoms with Crippen molar-refractivity contribution in [3.05, 3.63) is 101 Å². The second kappa shape index (κ2) is 8.06. The van der Waals surface area contributed by atoms with Crippen molar-refractivity contribution in [1.82, 2.24) is 0 Å². The molecule has 1 heterocycles. The number of rotatable bonds is 4.